The molecule has 0 aliphatic rings. The van der Waals surface area contributed by atoms with Crippen molar-refractivity contribution in [3.8, 4) is 6.07 Å². The third-order valence-corrected chi connectivity index (χ3v) is 1.40. The van der Waals surface area contributed by atoms with Crippen molar-refractivity contribution in [2.75, 3.05) is 5.43 Å². The Morgan fingerprint density at radius 1 is 1.64 bits per heavy atom. The number of halogens is 1. The van der Waals surface area contributed by atoms with E-state index in [1.54, 1.807) is 12.1 Å². The Balaban J connectivity index is 3.15. The quantitative estimate of drug-likeness (QED) is 0.483. The predicted octanol–water partition coefficient (Wildman–Crippen LogP) is 0.892. The van der Waals surface area contributed by atoms with Gasteiger partial charge in [-0.2, -0.15) is 5.26 Å². The summed E-state index contributed by atoms with van der Waals surface area (Å²) in [5, 5.41) is 8.80. The van der Waals surface area contributed by atoms with Gasteiger partial charge in [-0.3, -0.25) is 0 Å². The molecule has 4 nitrogen and oxygen atoms in total. The molecule has 0 saturated carbocycles. The van der Waals surface area contributed by atoms with Gasteiger partial charge in [0, 0.05) is 0 Å². The molecule has 0 spiro atoms. The highest BCUT2D eigenvalue weighted by Gasteiger charge is 2.00. The number of hydrogen-bond donors (Lipinski definition) is 2. The number of hydrazine groups is 1. The molecule has 0 amide bonds. The van der Waals surface area contributed by atoms with E-state index >= 15 is 0 Å². The average molecular weight is 169 g/mol. The minimum absolute atomic E-state index is 0.169. The minimum atomic E-state index is 0.169. The van der Waals surface area contributed by atoms with Gasteiger partial charge in [0.2, 0.25) is 0 Å². The van der Waals surface area contributed by atoms with Gasteiger partial charge in [0.05, 0.1) is 5.02 Å². The number of rotatable bonds is 1. The smallest absolute Gasteiger partial charge is 0.161 e. The van der Waals surface area contributed by atoms with Gasteiger partial charge >= 0.3 is 0 Å². The number of nitrogens with zero attached hydrogens (tertiary/aromatic N) is 2. The van der Waals surface area contributed by atoms with Crippen molar-refractivity contribution in [1.82, 2.24) is 4.98 Å². The van der Waals surface area contributed by atoms with E-state index in [9.17, 15) is 0 Å². The number of nitrogen functional groups attached to an aromatic ring is 1. The van der Waals surface area contributed by atoms with Crippen LogP contribution in [0.2, 0.25) is 5.02 Å². The third kappa shape index (κ3) is 1.58. The molecule has 0 unspecified atom stereocenters. The van der Waals surface area contributed by atoms with Crippen LogP contribution in [0.3, 0.4) is 0 Å². The SMILES string of the molecule is N#Cc1nc(NN)ccc1Cl. The average Bonchev–Trinajstić information content (AvgIpc) is 2.05. The van der Waals surface area contributed by atoms with E-state index in [1.165, 1.54) is 0 Å². The van der Waals surface area contributed by atoms with Crippen LogP contribution >= 0.6 is 11.6 Å². The number of nitriles is 1. The molecule has 56 valence electrons. The molecule has 1 heterocycles. The second kappa shape index (κ2) is 3.19. The summed E-state index contributed by atoms with van der Waals surface area (Å²) in [6.45, 7) is 0. The largest absolute Gasteiger partial charge is 0.308 e. The molecular formula is C6H5ClN4. The molecule has 3 N–H and O–H groups in total. The van der Waals surface area contributed by atoms with Crippen LogP contribution in [-0.4, -0.2) is 4.98 Å². The van der Waals surface area contributed by atoms with Gasteiger partial charge in [-0.15, -0.1) is 0 Å². The van der Waals surface area contributed by atoms with Gasteiger partial charge in [0.15, 0.2) is 5.69 Å². The Hall–Kier alpha value is -1.31. The number of nitrogens with two attached hydrogens (primary N) is 1. The molecule has 1 rings (SSSR count). The summed E-state index contributed by atoms with van der Waals surface area (Å²) in [7, 11) is 0. The molecular weight excluding hydrogens is 164 g/mol. The first kappa shape index (κ1) is 7.79. The molecule has 0 bridgehead atoms. The topological polar surface area (TPSA) is 74.7 Å². The lowest BCUT2D eigenvalue weighted by atomic mass is 10.3. The molecule has 0 saturated heterocycles. The molecule has 0 aromatic carbocycles. The van der Waals surface area contributed by atoms with Gasteiger partial charge in [-0.1, -0.05) is 11.6 Å². The molecule has 0 aliphatic carbocycles. The minimum Gasteiger partial charge on any atom is -0.308 e. The second-order valence-corrected chi connectivity index (χ2v) is 2.19. The number of nitrogens with one attached hydrogen (secondary N) is 1. The van der Waals surface area contributed by atoms with Crippen LogP contribution in [-0.2, 0) is 0 Å². The van der Waals surface area contributed by atoms with Crippen molar-refractivity contribution in [3.05, 3.63) is 22.8 Å². The third-order valence-electron chi connectivity index (χ3n) is 1.10. The lowest BCUT2D eigenvalue weighted by Gasteiger charge is -1.98. The van der Waals surface area contributed by atoms with Crippen molar-refractivity contribution in [2.45, 2.75) is 0 Å². The Kier molecular flexibility index (Phi) is 2.26. The van der Waals surface area contributed by atoms with Gasteiger partial charge < -0.3 is 5.43 Å². The predicted molar refractivity (Wildman–Crippen MR) is 41.8 cm³/mol. The summed E-state index contributed by atoms with van der Waals surface area (Å²) in [5.41, 5.74) is 2.48. The van der Waals surface area contributed by atoms with E-state index in [4.69, 9.17) is 22.7 Å². The highest BCUT2D eigenvalue weighted by molar-refractivity contribution is 6.31. The highest BCUT2D eigenvalue weighted by atomic mass is 35.5. The summed E-state index contributed by atoms with van der Waals surface area (Å²) in [5.74, 6) is 5.48. The van der Waals surface area contributed by atoms with Crippen molar-refractivity contribution >= 4 is 17.4 Å². The van der Waals surface area contributed by atoms with Gasteiger partial charge in [0.1, 0.15) is 11.9 Å². The van der Waals surface area contributed by atoms with Gasteiger partial charge in [0.25, 0.3) is 0 Å². The van der Waals surface area contributed by atoms with Crippen molar-refractivity contribution in [1.29, 1.82) is 5.26 Å². The van der Waals surface area contributed by atoms with E-state index in [1.807, 2.05) is 6.07 Å². The first-order chi connectivity index (χ1) is 5.27. The van der Waals surface area contributed by atoms with Gasteiger partial charge in [-0.25, -0.2) is 10.8 Å². The molecule has 1 aromatic rings. The lowest BCUT2D eigenvalue weighted by Crippen LogP contribution is -2.08. The van der Waals surface area contributed by atoms with Crippen LogP contribution in [0.5, 0.6) is 0 Å². The normalized spacial score (nSPS) is 8.82. The fourth-order valence-corrected chi connectivity index (χ4v) is 0.748. The molecule has 1 aromatic heterocycles. The first-order valence-electron chi connectivity index (χ1n) is 2.81. The molecule has 5 heteroatoms. The summed E-state index contributed by atoms with van der Waals surface area (Å²) in [6, 6.07) is 4.98. The lowest BCUT2D eigenvalue weighted by molar-refractivity contribution is 1.20. The summed E-state index contributed by atoms with van der Waals surface area (Å²) < 4.78 is 0. The summed E-state index contributed by atoms with van der Waals surface area (Å²) in [4.78, 5) is 3.78. The Morgan fingerprint density at radius 2 is 2.36 bits per heavy atom. The maximum absolute atomic E-state index is 8.47. The maximum atomic E-state index is 8.47. The molecule has 0 aliphatic heterocycles. The standard InChI is InChI=1S/C6H5ClN4/c7-4-1-2-6(11-9)10-5(4)3-8/h1-2H,9H2,(H,10,11). The van der Waals surface area contributed by atoms with Gasteiger partial charge in [-0.05, 0) is 12.1 Å². The zero-order chi connectivity index (χ0) is 8.27. The number of anilines is 1. The van der Waals surface area contributed by atoms with Crippen molar-refractivity contribution in [3.63, 3.8) is 0 Å². The molecule has 0 atom stereocenters. The molecule has 0 fully saturated rings. The molecule has 0 radical (unpaired) electrons. The van der Waals surface area contributed by atoms with Crippen LogP contribution < -0.4 is 11.3 Å². The van der Waals surface area contributed by atoms with E-state index in [2.05, 4.69) is 10.4 Å². The fraction of sp³-hybridized carbons (Fsp3) is 0. The Labute approximate surface area is 68.6 Å². The maximum Gasteiger partial charge on any atom is 0.161 e. The van der Waals surface area contributed by atoms with Crippen LogP contribution in [0.1, 0.15) is 5.69 Å². The zero-order valence-electron chi connectivity index (χ0n) is 5.50. The van der Waals surface area contributed by atoms with E-state index in [-0.39, 0.29) is 5.69 Å². The first-order valence-corrected chi connectivity index (χ1v) is 3.19. The Morgan fingerprint density at radius 3 is 2.91 bits per heavy atom. The zero-order valence-corrected chi connectivity index (χ0v) is 6.26. The van der Waals surface area contributed by atoms with Crippen LogP contribution in [0.4, 0.5) is 5.82 Å². The van der Waals surface area contributed by atoms with E-state index < -0.39 is 0 Å². The molecule has 11 heavy (non-hydrogen) atoms. The fourth-order valence-electron chi connectivity index (χ4n) is 0.601. The number of pyridine rings is 1. The second-order valence-electron chi connectivity index (χ2n) is 1.78. The monoisotopic (exact) mass is 168 g/mol. The number of hydrogen-bond acceptors (Lipinski definition) is 4. The van der Waals surface area contributed by atoms with E-state index in [0.29, 0.717) is 10.8 Å². The van der Waals surface area contributed by atoms with Crippen molar-refractivity contribution < 1.29 is 0 Å². The highest BCUT2D eigenvalue weighted by Crippen LogP contribution is 2.14. The van der Waals surface area contributed by atoms with Crippen molar-refractivity contribution in [2.24, 2.45) is 5.84 Å². The van der Waals surface area contributed by atoms with Crippen LogP contribution in [0.25, 0.3) is 0 Å². The van der Waals surface area contributed by atoms with Crippen LogP contribution in [0, 0.1) is 11.3 Å². The van der Waals surface area contributed by atoms with E-state index in [0.717, 1.165) is 0 Å². The number of aromatic nitrogens is 1. The Bertz CT molecular complexity index is 304. The van der Waals surface area contributed by atoms with Crippen LogP contribution in [0.15, 0.2) is 12.1 Å². The summed E-state index contributed by atoms with van der Waals surface area (Å²) in [6.07, 6.45) is 0. The summed E-state index contributed by atoms with van der Waals surface area (Å²) >= 11 is 5.60.